The van der Waals surface area contributed by atoms with E-state index in [1.807, 2.05) is 31.2 Å². The summed E-state index contributed by atoms with van der Waals surface area (Å²) < 4.78 is 1.33. The van der Waals surface area contributed by atoms with Crippen molar-refractivity contribution in [3.63, 3.8) is 0 Å². The lowest BCUT2D eigenvalue weighted by Crippen LogP contribution is -2.05. The highest BCUT2D eigenvalue weighted by Gasteiger charge is 2.23. The van der Waals surface area contributed by atoms with Gasteiger partial charge < -0.3 is 5.73 Å². The number of nitrogen functional groups attached to an aromatic ring is 1. The topological polar surface area (TPSA) is 108 Å². The number of hydrogen-bond acceptors (Lipinski definition) is 5. The Morgan fingerprint density at radius 1 is 1.04 bits per heavy atom. The number of rotatable bonds is 3. The molecule has 1 heterocycles. The van der Waals surface area contributed by atoms with Gasteiger partial charge in [-0.05, 0) is 31.2 Å². The normalized spacial score (nSPS) is 10.0. The van der Waals surface area contributed by atoms with Crippen molar-refractivity contribution in [1.82, 2.24) is 9.78 Å². The number of hydrogen-bond donors (Lipinski definition) is 1. The Morgan fingerprint density at radius 2 is 1.68 bits per heavy atom. The van der Waals surface area contributed by atoms with Crippen molar-refractivity contribution in [2.45, 2.75) is 6.92 Å². The number of nitrogens with zero attached hydrogens (tertiary/aromatic N) is 4. The number of anilines is 1. The summed E-state index contributed by atoms with van der Waals surface area (Å²) in [7, 11) is 0. The van der Waals surface area contributed by atoms with Crippen molar-refractivity contribution in [3.8, 4) is 17.8 Å². The van der Waals surface area contributed by atoms with Crippen LogP contribution >= 0.6 is 0 Å². The molecule has 1 aromatic heterocycles. The minimum absolute atomic E-state index is 0.00760. The maximum absolute atomic E-state index is 12.7. The van der Waals surface area contributed by atoms with Crippen molar-refractivity contribution in [2.75, 3.05) is 5.73 Å². The van der Waals surface area contributed by atoms with Crippen molar-refractivity contribution < 1.29 is 4.79 Å². The number of nitriles is 2. The van der Waals surface area contributed by atoms with Crippen molar-refractivity contribution >= 4 is 11.6 Å². The third-order valence-corrected chi connectivity index (χ3v) is 3.80. The molecule has 0 spiro atoms. The molecular weight excluding hydrogens is 314 g/mol. The lowest BCUT2D eigenvalue weighted by molar-refractivity contribution is 0.103. The molecule has 2 N–H and O–H groups in total. The van der Waals surface area contributed by atoms with Gasteiger partial charge in [-0.1, -0.05) is 29.8 Å². The predicted octanol–water partition coefficient (Wildman–Crippen LogP) is 2.74. The summed E-state index contributed by atoms with van der Waals surface area (Å²) in [6.07, 6.45) is 0. The minimum Gasteiger partial charge on any atom is -0.382 e. The van der Waals surface area contributed by atoms with Gasteiger partial charge in [0.05, 0.1) is 17.3 Å². The molecule has 0 saturated heterocycles. The zero-order valence-electron chi connectivity index (χ0n) is 13.4. The van der Waals surface area contributed by atoms with Gasteiger partial charge in [-0.25, -0.2) is 4.68 Å². The zero-order chi connectivity index (χ0) is 18.0. The molecule has 3 aromatic rings. The van der Waals surface area contributed by atoms with E-state index >= 15 is 0 Å². The first kappa shape index (κ1) is 16.0. The molecule has 120 valence electrons. The molecule has 0 amide bonds. The summed E-state index contributed by atoms with van der Waals surface area (Å²) in [6.45, 7) is 1.92. The lowest BCUT2D eigenvalue weighted by atomic mass is 10.0. The Hall–Kier alpha value is -3.90. The van der Waals surface area contributed by atoms with Gasteiger partial charge in [0.25, 0.3) is 0 Å². The molecule has 0 radical (unpaired) electrons. The molecule has 0 unspecified atom stereocenters. The van der Waals surface area contributed by atoms with Gasteiger partial charge in [-0.15, -0.1) is 0 Å². The van der Waals surface area contributed by atoms with Gasteiger partial charge in [0.15, 0.2) is 5.69 Å². The SMILES string of the molecule is Cc1ccc(C(=O)c2nn(-c3ccc(C#N)cc3)c(N)c2C#N)cc1. The standard InChI is InChI=1S/C19H13N5O/c1-12-2-6-14(7-3-12)18(25)17-16(11-21)19(22)24(23-17)15-8-4-13(10-20)5-9-15/h2-9H,22H2,1H3. The van der Waals surface area contributed by atoms with Gasteiger partial charge >= 0.3 is 0 Å². The van der Waals surface area contributed by atoms with E-state index in [0.717, 1.165) is 5.56 Å². The summed E-state index contributed by atoms with van der Waals surface area (Å²) in [6, 6.07) is 17.5. The van der Waals surface area contributed by atoms with E-state index in [4.69, 9.17) is 11.0 Å². The Balaban J connectivity index is 2.09. The number of aryl methyl sites for hydroxylation is 1. The van der Waals surface area contributed by atoms with Crippen LogP contribution in [0.4, 0.5) is 5.82 Å². The van der Waals surface area contributed by atoms with Crippen molar-refractivity contribution in [2.24, 2.45) is 0 Å². The van der Waals surface area contributed by atoms with Gasteiger partial charge in [0.2, 0.25) is 5.78 Å². The molecule has 0 bridgehead atoms. The molecule has 3 rings (SSSR count). The maximum Gasteiger partial charge on any atom is 0.214 e. The predicted molar refractivity (Wildman–Crippen MR) is 92.0 cm³/mol. The fraction of sp³-hybridized carbons (Fsp3) is 0.0526. The van der Waals surface area contributed by atoms with Crippen molar-refractivity contribution in [3.05, 3.63) is 76.5 Å². The second kappa shape index (κ2) is 6.31. The lowest BCUT2D eigenvalue weighted by Gasteiger charge is -2.03. The first-order chi connectivity index (χ1) is 12.0. The van der Waals surface area contributed by atoms with E-state index in [-0.39, 0.29) is 22.9 Å². The first-order valence-corrected chi connectivity index (χ1v) is 7.45. The summed E-state index contributed by atoms with van der Waals surface area (Å²) in [4.78, 5) is 12.7. The second-order valence-electron chi connectivity index (χ2n) is 5.49. The van der Waals surface area contributed by atoms with Gasteiger partial charge in [-0.3, -0.25) is 4.79 Å². The van der Waals surface area contributed by atoms with E-state index in [1.54, 1.807) is 36.4 Å². The van der Waals surface area contributed by atoms with Crippen LogP contribution in [0.5, 0.6) is 0 Å². The van der Waals surface area contributed by atoms with Crippen LogP contribution in [0.3, 0.4) is 0 Å². The highest BCUT2D eigenvalue weighted by atomic mass is 16.1. The van der Waals surface area contributed by atoms with Gasteiger partial charge in [-0.2, -0.15) is 15.6 Å². The highest BCUT2D eigenvalue weighted by Crippen LogP contribution is 2.23. The van der Waals surface area contributed by atoms with Crippen LogP contribution in [0, 0.1) is 29.6 Å². The quantitative estimate of drug-likeness (QED) is 0.744. The molecule has 25 heavy (non-hydrogen) atoms. The van der Waals surface area contributed by atoms with Crippen LogP contribution in [0.25, 0.3) is 5.69 Å². The van der Waals surface area contributed by atoms with Gasteiger partial charge in [0.1, 0.15) is 17.5 Å². The molecule has 0 aliphatic rings. The number of carbonyl (C=O) groups is 1. The average molecular weight is 327 g/mol. The smallest absolute Gasteiger partial charge is 0.214 e. The number of aromatic nitrogens is 2. The number of ketones is 1. The number of nitrogens with two attached hydrogens (primary N) is 1. The number of carbonyl (C=O) groups excluding carboxylic acids is 1. The Bertz CT molecular complexity index is 1030. The minimum atomic E-state index is -0.365. The Labute approximate surface area is 144 Å². The third kappa shape index (κ3) is 2.85. The van der Waals surface area contributed by atoms with E-state index in [2.05, 4.69) is 5.10 Å². The summed E-state index contributed by atoms with van der Waals surface area (Å²) >= 11 is 0. The van der Waals surface area contributed by atoms with Crippen molar-refractivity contribution in [1.29, 1.82) is 10.5 Å². The molecule has 0 aliphatic carbocycles. The van der Waals surface area contributed by atoms with E-state index in [9.17, 15) is 10.1 Å². The fourth-order valence-corrected chi connectivity index (χ4v) is 2.42. The molecule has 2 aromatic carbocycles. The molecule has 0 atom stereocenters. The molecule has 0 aliphatic heterocycles. The first-order valence-electron chi connectivity index (χ1n) is 7.45. The zero-order valence-corrected chi connectivity index (χ0v) is 13.4. The summed E-state index contributed by atoms with van der Waals surface area (Å²) in [5.41, 5.74) is 8.58. The summed E-state index contributed by atoms with van der Waals surface area (Å²) in [5.74, 6) is -0.279. The molecule has 0 fully saturated rings. The highest BCUT2D eigenvalue weighted by molar-refractivity contribution is 6.09. The van der Waals surface area contributed by atoms with Gasteiger partial charge in [0, 0.05) is 5.56 Å². The fourth-order valence-electron chi connectivity index (χ4n) is 2.42. The van der Waals surface area contributed by atoms with Crippen LogP contribution in [0.1, 0.15) is 32.7 Å². The Morgan fingerprint density at radius 3 is 2.24 bits per heavy atom. The van der Waals surface area contributed by atoms with E-state index < -0.39 is 0 Å². The average Bonchev–Trinajstić information content (AvgIpc) is 2.98. The van der Waals surface area contributed by atoms with Crippen LogP contribution in [-0.4, -0.2) is 15.6 Å². The maximum atomic E-state index is 12.7. The monoisotopic (exact) mass is 327 g/mol. The largest absolute Gasteiger partial charge is 0.382 e. The molecular formula is C19H13N5O. The van der Waals surface area contributed by atoms with Crippen LogP contribution in [-0.2, 0) is 0 Å². The molecule has 6 heteroatoms. The van der Waals surface area contributed by atoms with Crippen LogP contribution < -0.4 is 5.73 Å². The number of benzene rings is 2. The second-order valence-corrected chi connectivity index (χ2v) is 5.49. The third-order valence-electron chi connectivity index (χ3n) is 3.80. The van der Waals surface area contributed by atoms with E-state index in [0.29, 0.717) is 16.8 Å². The Kier molecular flexibility index (Phi) is 4.03. The molecule has 0 saturated carbocycles. The van der Waals surface area contributed by atoms with Crippen LogP contribution in [0.2, 0.25) is 0 Å². The molecule has 6 nitrogen and oxygen atoms in total. The van der Waals surface area contributed by atoms with Crippen LogP contribution in [0.15, 0.2) is 48.5 Å². The van der Waals surface area contributed by atoms with E-state index in [1.165, 1.54) is 4.68 Å². The summed E-state index contributed by atoms with van der Waals surface area (Å²) in [5, 5.41) is 22.5.